The third-order valence-corrected chi connectivity index (χ3v) is 3.57. The van der Waals surface area contributed by atoms with Gasteiger partial charge in [0, 0.05) is 0 Å². The molecule has 0 unspecified atom stereocenters. The Morgan fingerprint density at radius 2 is 1.67 bits per heavy atom. The Bertz CT molecular complexity index is 52.9. The highest BCUT2D eigenvalue weighted by atomic mass is 28.2. The lowest BCUT2D eigenvalue weighted by Gasteiger charge is -2.15. The Kier molecular flexibility index (Phi) is 6.42. The van der Waals surface area contributed by atoms with E-state index in [9.17, 15) is 0 Å². The van der Waals surface area contributed by atoms with Crippen LogP contribution in [0.2, 0.25) is 6.04 Å². The van der Waals surface area contributed by atoms with Crippen molar-refractivity contribution in [2.75, 3.05) is 13.1 Å². The van der Waals surface area contributed by atoms with Crippen LogP contribution in [0, 0.1) is 0 Å². The monoisotopic (exact) mass is 144 g/mol. The molecule has 0 N–H and O–H groups in total. The maximum atomic E-state index is 2.55. The molecule has 0 saturated carbocycles. The summed E-state index contributed by atoms with van der Waals surface area (Å²) in [6.07, 6.45) is 1.35. The van der Waals surface area contributed by atoms with E-state index < -0.39 is 0 Å². The zero-order chi connectivity index (χ0) is 7.11. The molecule has 1 radical (unpaired) electrons. The topological polar surface area (TPSA) is 3.24 Å². The van der Waals surface area contributed by atoms with E-state index in [0.717, 1.165) is 0 Å². The molecule has 2 heteroatoms. The second-order valence-corrected chi connectivity index (χ2v) is 3.87. The molecule has 0 bridgehead atoms. The van der Waals surface area contributed by atoms with Crippen LogP contribution in [0.1, 0.15) is 27.2 Å². The van der Waals surface area contributed by atoms with Crippen molar-refractivity contribution in [1.82, 2.24) is 4.57 Å². The molecular formula is C7H18NSi. The van der Waals surface area contributed by atoms with E-state index in [1.807, 2.05) is 0 Å². The molecule has 0 fully saturated rings. The van der Waals surface area contributed by atoms with Crippen LogP contribution < -0.4 is 0 Å². The van der Waals surface area contributed by atoms with Gasteiger partial charge < -0.3 is 4.57 Å². The maximum absolute atomic E-state index is 2.55. The second-order valence-electron chi connectivity index (χ2n) is 2.19. The molecule has 0 aromatic rings. The molecular weight excluding hydrogens is 126 g/mol. The van der Waals surface area contributed by atoms with E-state index in [4.69, 9.17) is 0 Å². The Labute approximate surface area is 61.3 Å². The predicted octanol–water partition coefficient (Wildman–Crippen LogP) is 1.51. The van der Waals surface area contributed by atoms with Gasteiger partial charge in [-0.2, -0.15) is 0 Å². The maximum Gasteiger partial charge on any atom is 0.116 e. The molecule has 0 saturated heterocycles. The first-order valence-corrected chi connectivity index (χ1v) is 5.25. The van der Waals surface area contributed by atoms with Gasteiger partial charge in [-0.1, -0.05) is 27.2 Å². The minimum atomic E-state index is 0.608. The second kappa shape index (κ2) is 6.30. The van der Waals surface area contributed by atoms with Crippen LogP contribution in [0.3, 0.4) is 0 Å². The number of hydrogen-bond donors (Lipinski definition) is 0. The van der Waals surface area contributed by atoms with Crippen molar-refractivity contribution in [2.24, 2.45) is 0 Å². The van der Waals surface area contributed by atoms with Crippen LogP contribution in [-0.2, 0) is 0 Å². The van der Waals surface area contributed by atoms with Gasteiger partial charge in [0.15, 0.2) is 0 Å². The summed E-state index contributed by atoms with van der Waals surface area (Å²) < 4.78 is 2.55. The van der Waals surface area contributed by atoms with Crippen LogP contribution in [0.15, 0.2) is 0 Å². The van der Waals surface area contributed by atoms with Gasteiger partial charge in [-0.05, 0) is 19.1 Å². The summed E-state index contributed by atoms with van der Waals surface area (Å²) in [6.45, 7) is 9.23. The van der Waals surface area contributed by atoms with Gasteiger partial charge >= 0.3 is 0 Å². The highest BCUT2D eigenvalue weighted by Crippen LogP contribution is 1.90. The first-order valence-electron chi connectivity index (χ1n) is 3.92. The number of rotatable bonds is 5. The zero-order valence-electron chi connectivity index (χ0n) is 6.85. The molecule has 0 spiro atoms. The fourth-order valence-electron chi connectivity index (χ4n) is 0.793. The van der Waals surface area contributed by atoms with Gasteiger partial charge in [0.25, 0.3) is 0 Å². The lowest BCUT2D eigenvalue weighted by Crippen LogP contribution is -2.26. The van der Waals surface area contributed by atoms with Gasteiger partial charge in [-0.25, -0.2) is 0 Å². The van der Waals surface area contributed by atoms with E-state index in [-0.39, 0.29) is 0 Å². The normalized spacial score (nSPS) is 10.7. The fraction of sp³-hybridized carbons (Fsp3) is 1.00. The molecule has 0 aromatic heterocycles. The van der Waals surface area contributed by atoms with Gasteiger partial charge in [0.1, 0.15) is 9.68 Å². The molecule has 9 heavy (non-hydrogen) atoms. The molecule has 55 valence electrons. The Morgan fingerprint density at radius 1 is 1.11 bits per heavy atom. The van der Waals surface area contributed by atoms with E-state index in [1.54, 1.807) is 0 Å². The van der Waals surface area contributed by atoms with Crippen LogP contribution in [-0.4, -0.2) is 27.3 Å². The van der Waals surface area contributed by atoms with Crippen molar-refractivity contribution in [3.8, 4) is 0 Å². The first-order chi connectivity index (χ1) is 4.35. The molecule has 0 aliphatic heterocycles. The SMILES string of the molecule is CCC[SiH]N(CC)CC. The number of hydrogen-bond acceptors (Lipinski definition) is 1. The van der Waals surface area contributed by atoms with Crippen molar-refractivity contribution in [3.05, 3.63) is 0 Å². The van der Waals surface area contributed by atoms with Crippen molar-refractivity contribution < 1.29 is 0 Å². The third-order valence-electron chi connectivity index (χ3n) is 1.49. The minimum Gasteiger partial charge on any atom is -0.328 e. The fourth-order valence-corrected chi connectivity index (χ4v) is 1.93. The van der Waals surface area contributed by atoms with E-state index >= 15 is 0 Å². The van der Waals surface area contributed by atoms with Crippen LogP contribution in [0.25, 0.3) is 0 Å². The van der Waals surface area contributed by atoms with Crippen molar-refractivity contribution in [3.63, 3.8) is 0 Å². The zero-order valence-corrected chi connectivity index (χ0v) is 8.01. The lowest BCUT2D eigenvalue weighted by atomic mass is 10.6. The molecule has 0 aliphatic rings. The average Bonchev–Trinajstić information content (AvgIpc) is 1.91. The molecule has 1 nitrogen and oxygen atoms in total. The summed E-state index contributed by atoms with van der Waals surface area (Å²) in [6, 6.07) is 1.43. The minimum absolute atomic E-state index is 0.608. The van der Waals surface area contributed by atoms with Crippen molar-refractivity contribution in [2.45, 2.75) is 33.2 Å². The van der Waals surface area contributed by atoms with Crippen molar-refractivity contribution >= 4 is 9.68 Å². The smallest absolute Gasteiger partial charge is 0.116 e. The molecule has 0 rings (SSSR count). The third kappa shape index (κ3) is 4.67. The summed E-state index contributed by atoms with van der Waals surface area (Å²) >= 11 is 0. The Morgan fingerprint density at radius 3 is 2.00 bits per heavy atom. The summed E-state index contributed by atoms with van der Waals surface area (Å²) in [5.41, 5.74) is 0. The van der Waals surface area contributed by atoms with E-state index in [2.05, 4.69) is 25.3 Å². The van der Waals surface area contributed by atoms with Crippen LogP contribution >= 0.6 is 0 Å². The summed E-state index contributed by atoms with van der Waals surface area (Å²) in [5, 5.41) is 0. The van der Waals surface area contributed by atoms with Gasteiger partial charge in [-0.3, -0.25) is 0 Å². The Balaban J connectivity index is 3.09. The lowest BCUT2D eigenvalue weighted by molar-refractivity contribution is 0.491. The van der Waals surface area contributed by atoms with Gasteiger partial charge in [0.05, 0.1) is 0 Å². The molecule has 0 amide bonds. The quantitative estimate of drug-likeness (QED) is 0.529. The summed E-state index contributed by atoms with van der Waals surface area (Å²) in [4.78, 5) is 0. The molecule has 0 aromatic carbocycles. The summed E-state index contributed by atoms with van der Waals surface area (Å²) in [5.74, 6) is 0. The average molecular weight is 144 g/mol. The predicted molar refractivity (Wildman–Crippen MR) is 45.2 cm³/mol. The Hall–Kier alpha value is 0.177. The van der Waals surface area contributed by atoms with E-state index in [0.29, 0.717) is 9.68 Å². The summed E-state index contributed by atoms with van der Waals surface area (Å²) in [7, 11) is 0.608. The van der Waals surface area contributed by atoms with Gasteiger partial charge in [-0.15, -0.1) is 0 Å². The highest BCUT2D eigenvalue weighted by Gasteiger charge is 1.96. The largest absolute Gasteiger partial charge is 0.328 e. The first kappa shape index (κ1) is 9.18. The highest BCUT2D eigenvalue weighted by molar-refractivity contribution is 6.31. The van der Waals surface area contributed by atoms with E-state index in [1.165, 1.54) is 25.6 Å². The number of nitrogens with zero attached hydrogens (tertiary/aromatic N) is 1. The standard InChI is InChI=1S/C7H18NSi/c1-4-7-9-8(5-2)6-3/h9H,4-7H2,1-3H3. The van der Waals surface area contributed by atoms with Crippen molar-refractivity contribution in [1.29, 1.82) is 0 Å². The molecule has 0 aliphatic carbocycles. The van der Waals surface area contributed by atoms with Crippen LogP contribution in [0.4, 0.5) is 0 Å². The molecule has 0 atom stereocenters. The van der Waals surface area contributed by atoms with Gasteiger partial charge in [0.2, 0.25) is 0 Å². The molecule has 0 heterocycles. The van der Waals surface area contributed by atoms with Crippen LogP contribution in [0.5, 0.6) is 0 Å².